The van der Waals surface area contributed by atoms with E-state index in [9.17, 15) is 0 Å². The Morgan fingerprint density at radius 3 is 2.79 bits per heavy atom. The number of hydrogen-bond donors (Lipinski definition) is 2. The van der Waals surface area contributed by atoms with Crippen molar-refractivity contribution >= 4 is 17.1 Å². The zero-order valence-corrected chi connectivity index (χ0v) is 7.94. The molecule has 0 fully saturated rings. The summed E-state index contributed by atoms with van der Waals surface area (Å²) in [6, 6.07) is 7.64. The number of anilines is 3. The smallest absolute Gasteiger partial charge is 0.0770 e. The quantitative estimate of drug-likeness (QED) is 0.706. The van der Waals surface area contributed by atoms with Crippen LogP contribution in [0.2, 0.25) is 0 Å². The molecule has 1 aromatic carbocycles. The molecular weight excluding hydrogens is 176 g/mol. The summed E-state index contributed by atoms with van der Waals surface area (Å²) < 4.78 is 1.74. The summed E-state index contributed by atoms with van der Waals surface area (Å²) in [5.41, 5.74) is 8.36. The van der Waals surface area contributed by atoms with E-state index < -0.39 is 0 Å². The molecule has 1 heterocycles. The van der Waals surface area contributed by atoms with Crippen LogP contribution in [0.3, 0.4) is 0 Å². The molecule has 72 valence electrons. The van der Waals surface area contributed by atoms with Gasteiger partial charge >= 0.3 is 0 Å². The first-order valence-corrected chi connectivity index (χ1v) is 4.36. The van der Waals surface area contributed by atoms with Gasteiger partial charge in [0.25, 0.3) is 0 Å². The molecule has 0 bridgehead atoms. The molecule has 0 atom stereocenters. The van der Waals surface area contributed by atoms with Gasteiger partial charge in [-0.3, -0.25) is 4.68 Å². The lowest BCUT2D eigenvalue weighted by Gasteiger charge is -2.05. The number of para-hydroxylation sites is 2. The maximum absolute atomic E-state index is 5.79. The summed E-state index contributed by atoms with van der Waals surface area (Å²) in [6.45, 7) is 0. The fraction of sp³-hybridized carbons (Fsp3) is 0.100. The Balaban J connectivity index is 2.23. The monoisotopic (exact) mass is 188 g/mol. The van der Waals surface area contributed by atoms with E-state index in [-0.39, 0.29) is 0 Å². The number of nitrogens with zero attached hydrogens (tertiary/aromatic N) is 2. The highest BCUT2D eigenvalue weighted by Gasteiger charge is 1.99. The molecule has 0 aliphatic heterocycles. The fourth-order valence-corrected chi connectivity index (χ4v) is 1.25. The van der Waals surface area contributed by atoms with E-state index in [2.05, 4.69) is 10.4 Å². The van der Waals surface area contributed by atoms with Gasteiger partial charge in [-0.05, 0) is 12.1 Å². The molecule has 4 heteroatoms. The SMILES string of the molecule is Cn1cc(Nc2ccccc2N)cn1. The Bertz CT molecular complexity index is 433. The molecule has 0 aliphatic carbocycles. The van der Waals surface area contributed by atoms with Gasteiger partial charge in [0, 0.05) is 13.2 Å². The summed E-state index contributed by atoms with van der Waals surface area (Å²) >= 11 is 0. The number of nitrogen functional groups attached to an aromatic ring is 1. The maximum Gasteiger partial charge on any atom is 0.0770 e. The van der Waals surface area contributed by atoms with Gasteiger partial charge in [0.05, 0.1) is 23.3 Å². The molecule has 0 amide bonds. The van der Waals surface area contributed by atoms with Crippen molar-refractivity contribution in [1.29, 1.82) is 0 Å². The number of rotatable bonds is 2. The molecule has 0 saturated carbocycles. The second kappa shape index (κ2) is 3.41. The van der Waals surface area contributed by atoms with Crippen LogP contribution in [0.5, 0.6) is 0 Å². The largest absolute Gasteiger partial charge is 0.397 e. The van der Waals surface area contributed by atoms with Crippen molar-refractivity contribution in [2.24, 2.45) is 7.05 Å². The molecule has 0 saturated heterocycles. The third-order valence-corrected chi connectivity index (χ3v) is 1.94. The summed E-state index contributed by atoms with van der Waals surface area (Å²) in [6.07, 6.45) is 3.65. The molecule has 4 nitrogen and oxygen atoms in total. The first-order chi connectivity index (χ1) is 6.75. The van der Waals surface area contributed by atoms with E-state index in [0.717, 1.165) is 17.1 Å². The molecule has 3 N–H and O–H groups in total. The summed E-state index contributed by atoms with van der Waals surface area (Å²) in [7, 11) is 1.87. The highest BCUT2D eigenvalue weighted by Crippen LogP contribution is 2.21. The second-order valence-electron chi connectivity index (χ2n) is 3.11. The van der Waals surface area contributed by atoms with Crippen molar-refractivity contribution in [3.8, 4) is 0 Å². The normalized spacial score (nSPS) is 10.1. The third-order valence-electron chi connectivity index (χ3n) is 1.94. The Hall–Kier alpha value is -1.97. The van der Waals surface area contributed by atoms with Crippen LogP contribution in [-0.2, 0) is 7.05 Å². The Morgan fingerprint density at radius 1 is 1.36 bits per heavy atom. The molecule has 0 radical (unpaired) electrons. The highest BCUT2D eigenvalue weighted by molar-refractivity contribution is 5.71. The van der Waals surface area contributed by atoms with E-state index in [1.165, 1.54) is 0 Å². The van der Waals surface area contributed by atoms with Crippen LogP contribution in [0, 0.1) is 0 Å². The molecule has 2 rings (SSSR count). The highest BCUT2D eigenvalue weighted by atomic mass is 15.3. The average Bonchev–Trinajstić information content (AvgIpc) is 2.56. The molecule has 0 aliphatic rings. The molecule has 1 aromatic heterocycles. The molecular formula is C10H12N4. The molecule has 14 heavy (non-hydrogen) atoms. The van der Waals surface area contributed by atoms with Gasteiger partial charge in [0.1, 0.15) is 0 Å². The molecule has 2 aromatic rings. The zero-order valence-electron chi connectivity index (χ0n) is 7.94. The number of hydrogen-bond acceptors (Lipinski definition) is 3. The lowest BCUT2D eigenvalue weighted by Crippen LogP contribution is -1.94. The Labute approximate surface area is 82.4 Å². The lowest BCUT2D eigenvalue weighted by atomic mass is 10.2. The average molecular weight is 188 g/mol. The minimum absolute atomic E-state index is 0.733. The van der Waals surface area contributed by atoms with Gasteiger partial charge in [0.2, 0.25) is 0 Å². The van der Waals surface area contributed by atoms with Crippen LogP contribution in [0.25, 0.3) is 0 Å². The summed E-state index contributed by atoms with van der Waals surface area (Å²) in [5, 5.41) is 7.24. The predicted octanol–water partition coefficient (Wildman–Crippen LogP) is 1.75. The number of aromatic nitrogens is 2. The van der Waals surface area contributed by atoms with Gasteiger partial charge in [-0.25, -0.2) is 0 Å². The Morgan fingerprint density at radius 2 is 2.14 bits per heavy atom. The second-order valence-corrected chi connectivity index (χ2v) is 3.11. The van der Waals surface area contributed by atoms with Gasteiger partial charge in [-0.15, -0.1) is 0 Å². The van der Waals surface area contributed by atoms with Gasteiger partial charge in [-0.1, -0.05) is 12.1 Å². The summed E-state index contributed by atoms with van der Waals surface area (Å²) in [4.78, 5) is 0. The number of aryl methyl sites for hydroxylation is 1. The number of benzene rings is 1. The van der Waals surface area contributed by atoms with Crippen molar-refractivity contribution in [2.45, 2.75) is 0 Å². The zero-order chi connectivity index (χ0) is 9.97. The number of nitrogens with two attached hydrogens (primary N) is 1. The first kappa shape index (κ1) is 8.62. The van der Waals surface area contributed by atoms with E-state index in [0.29, 0.717) is 0 Å². The Kier molecular flexibility index (Phi) is 2.10. The predicted molar refractivity (Wildman–Crippen MR) is 57.3 cm³/mol. The van der Waals surface area contributed by atoms with Crippen LogP contribution in [-0.4, -0.2) is 9.78 Å². The fourth-order valence-electron chi connectivity index (χ4n) is 1.25. The standard InChI is InChI=1S/C10H12N4/c1-14-7-8(6-12-14)13-10-5-3-2-4-9(10)11/h2-7,13H,11H2,1H3. The van der Waals surface area contributed by atoms with Crippen LogP contribution in [0.15, 0.2) is 36.7 Å². The van der Waals surface area contributed by atoms with Crippen LogP contribution < -0.4 is 11.1 Å². The van der Waals surface area contributed by atoms with Crippen molar-refractivity contribution in [3.05, 3.63) is 36.7 Å². The number of nitrogens with one attached hydrogen (secondary N) is 1. The van der Waals surface area contributed by atoms with E-state index >= 15 is 0 Å². The van der Waals surface area contributed by atoms with Crippen LogP contribution >= 0.6 is 0 Å². The maximum atomic E-state index is 5.79. The van der Waals surface area contributed by atoms with Gasteiger partial charge in [0.15, 0.2) is 0 Å². The lowest BCUT2D eigenvalue weighted by molar-refractivity contribution is 0.768. The summed E-state index contributed by atoms with van der Waals surface area (Å²) in [5.74, 6) is 0. The van der Waals surface area contributed by atoms with Crippen LogP contribution in [0.1, 0.15) is 0 Å². The van der Waals surface area contributed by atoms with Crippen molar-refractivity contribution < 1.29 is 0 Å². The molecule has 0 spiro atoms. The van der Waals surface area contributed by atoms with E-state index in [1.807, 2.05) is 37.5 Å². The van der Waals surface area contributed by atoms with Crippen molar-refractivity contribution in [1.82, 2.24) is 9.78 Å². The third kappa shape index (κ3) is 1.69. The van der Waals surface area contributed by atoms with Crippen molar-refractivity contribution in [3.63, 3.8) is 0 Å². The topological polar surface area (TPSA) is 55.9 Å². The minimum atomic E-state index is 0.733. The van der Waals surface area contributed by atoms with Crippen LogP contribution in [0.4, 0.5) is 17.1 Å². The van der Waals surface area contributed by atoms with Crippen molar-refractivity contribution in [2.75, 3.05) is 11.1 Å². The van der Waals surface area contributed by atoms with E-state index in [4.69, 9.17) is 5.73 Å². The van der Waals surface area contributed by atoms with Gasteiger partial charge < -0.3 is 11.1 Å². The van der Waals surface area contributed by atoms with Gasteiger partial charge in [-0.2, -0.15) is 5.10 Å². The molecule has 0 unspecified atom stereocenters. The van der Waals surface area contributed by atoms with E-state index in [1.54, 1.807) is 10.9 Å². The minimum Gasteiger partial charge on any atom is -0.397 e. The first-order valence-electron chi connectivity index (χ1n) is 4.36.